The Labute approximate surface area is 89.1 Å². The molecule has 2 heteroatoms. The molecule has 2 nitrogen and oxygen atoms in total. The Morgan fingerprint density at radius 2 is 1.93 bits per heavy atom. The summed E-state index contributed by atoms with van der Waals surface area (Å²) < 4.78 is 0. The summed E-state index contributed by atoms with van der Waals surface area (Å²) in [4.78, 5) is 2.59. The quantitative estimate of drug-likeness (QED) is 0.728. The lowest BCUT2D eigenvalue weighted by Crippen LogP contribution is -2.43. The average Bonchev–Trinajstić information content (AvgIpc) is 2.17. The molecule has 84 valence electrons. The maximum Gasteiger partial charge on any atom is 0.00915 e. The van der Waals surface area contributed by atoms with E-state index in [-0.39, 0.29) is 0 Å². The molecule has 1 N–H and O–H groups in total. The maximum absolute atomic E-state index is 3.66. The summed E-state index contributed by atoms with van der Waals surface area (Å²) in [7, 11) is 0. The largest absolute Gasteiger partial charge is 0.314 e. The van der Waals surface area contributed by atoms with Crippen LogP contribution in [-0.2, 0) is 0 Å². The summed E-state index contributed by atoms with van der Waals surface area (Å²) in [6, 6.07) is 0.783. The van der Waals surface area contributed by atoms with E-state index in [2.05, 4.69) is 31.0 Å². The molecule has 0 aromatic carbocycles. The van der Waals surface area contributed by atoms with E-state index in [4.69, 9.17) is 0 Å². The first-order valence-corrected chi connectivity index (χ1v) is 6.18. The molecule has 1 heterocycles. The van der Waals surface area contributed by atoms with E-state index < -0.39 is 0 Å². The lowest BCUT2D eigenvalue weighted by molar-refractivity contribution is 0.196. The van der Waals surface area contributed by atoms with Crippen LogP contribution >= 0.6 is 0 Å². The van der Waals surface area contributed by atoms with Crippen LogP contribution in [0.15, 0.2) is 0 Å². The summed E-state index contributed by atoms with van der Waals surface area (Å²) in [5.41, 5.74) is 0. The first-order chi connectivity index (χ1) is 6.72. The van der Waals surface area contributed by atoms with Crippen molar-refractivity contribution in [3.8, 4) is 0 Å². The molecule has 1 rings (SSSR count). The van der Waals surface area contributed by atoms with Crippen LogP contribution in [0.2, 0.25) is 0 Å². The molecule has 0 saturated carbocycles. The summed E-state index contributed by atoms with van der Waals surface area (Å²) in [5, 5.41) is 3.66. The number of likely N-dealkylation sites (tertiary alicyclic amines) is 1. The second kappa shape index (κ2) is 6.41. The van der Waals surface area contributed by atoms with E-state index in [1.807, 2.05) is 0 Å². The van der Waals surface area contributed by atoms with E-state index in [9.17, 15) is 0 Å². The third-order valence-electron chi connectivity index (χ3n) is 2.94. The standard InChI is InChI=1S/C12H26N2/c1-4-7-14-8-5-12(6-9-14)13-10-11(2)3/h11-13H,4-10H2,1-3H3. The fraction of sp³-hybridized carbons (Fsp3) is 1.00. The predicted molar refractivity (Wildman–Crippen MR) is 62.6 cm³/mol. The zero-order chi connectivity index (χ0) is 10.4. The van der Waals surface area contributed by atoms with Crippen molar-refractivity contribution >= 4 is 0 Å². The molecule has 0 bridgehead atoms. The SMILES string of the molecule is CCCN1CCC(NCC(C)C)CC1. The summed E-state index contributed by atoms with van der Waals surface area (Å²) >= 11 is 0. The zero-order valence-corrected chi connectivity index (χ0v) is 10.1. The molecule has 1 saturated heterocycles. The minimum absolute atomic E-state index is 0.781. The topological polar surface area (TPSA) is 15.3 Å². The number of rotatable bonds is 5. The summed E-state index contributed by atoms with van der Waals surface area (Å²) in [6.45, 7) is 11.9. The van der Waals surface area contributed by atoms with Crippen LogP contribution < -0.4 is 5.32 Å². The van der Waals surface area contributed by atoms with Gasteiger partial charge in [0, 0.05) is 6.04 Å². The van der Waals surface area contributed by atoms with Crippen molar-refractivity contribution in [2.24, 2.45) is 5.92 Å². The van der Waals surface area contributed by atoms with Crippen LogP contribution in [0.25, 0.3) is 0 Å². The van der Waals surface area contributed by atoms with E-state index in [0.29, 0.717) is 0 Å². The lowest BCUT2D eigenvalue weighted by atomic mass is 10.0. The Hall–Kier alpha value is -0.0800. The van der Waals surface area contributed by atoms with Crippen molar-refractivity contribution in [3.05, 3.63) is 0 Å². The zero-order valence-electron chi connectivity index (χ0n) is 10.1. The monoisotopic (exact) mass is 198 g/mol. The highest BCUT2D eigenvalue weighted by Crippen LogP contribution is 2.10. The van der Waals surface area contributed by atoms with E-state index in [1.165, 1.54) is 45.4 Å². The van der Waals surface area contributed by atoms with Gasteiger partial charge >= 0.3 is 0 Å². The van der Waals surface area contributed by atoms with Crippen LogP contribution in [0.3, 0.4) is 0 Å². The average molecular weight is 198 g/mol. The highest BCUT2D eigenvalue weighted by molar-refractivity contribution is 4.77. The molecule has 1 fully saturated rings. The molecule has 0 radical (unpaired) electrons. The minimum Gasteiger partial charge on any atom is -0.314 e. The van der Waals surface area contributed by atoms with Crippen molar-refractivity contribution in [2.75, 3.05) is 26.2 Å². The molecule has 0 aliphatic carbocycles. The molecule has 1 aliphatic heterocycles. The highest BCUT2D eigenvalue weighted by atomic mass is 15.1. The molecule has 0 amide bonds. The Morgan fingerprint density at radius 3 is 2.43 bits per heavy atom. The highest BCUT2D eigenvalue weighted by Gasteiger charge is 2.17. The molecule has 0 aromatic rings. The first kappa shape index (κ1) is 12.0. The number of hydrogen-bond acceptors (Lipinski definition) is 2. The molecule has 0 unspecified atom stereocenters. The minimum atomic E-state index is 0.781. The fourth-order valence-corrected chi connectivity index (χ4v) is 2.08. The van der Waals surface area contributed by atoms with Gasteiger partial charge in [0.15, 0.2) is 0 Å². The van der Waals surface area contributed by atoms with Gasteiger partial charge < -0.3 is 10.2 Å². The molecule has 0 spiro atoms. The van der Waals surface area contributed by atoms with Gasteiger partial charge in [-0.15, -0.1) is 0 Å². The van der Waals surface area contributed by atoms with Crippen LogP contribution in [0.1, 0.15) is 40.0 Å². The number of hydrogen-bond donors (Lipinski definition) is 1. The molecule has 0 aromatic heterocycles. The fourth-order valence-electron chi connectivity index (χ4n) is 2.08. The van der Waals surface area contributed by atoms with Gasteiger partial charge in [0.2, 0.25) is 0 Å². The predicted octanol–water partition coefficient (Wildman–Crippen LogP) is 2.11. The van der Waals surface area contributed by atoms with Crippen LogP contribution in [0, 0.1) is 5.92 Å². The number of nitrogens with zero attached hydrogens (tertiary/aromatic N) is 1. The van der Waals surface area contributed by atoms with Gasteiger partial charge in [0.25, 0.3) is 0 Å². The lowest BCUT2D eigenvalue weighted by Gasteiger charge is -2.32. The second-order valence-electron chi connectivity index (χ2n) is 4.92. The van der Waals surface area contributed by atoms with Gasteiger partial charge in [-0.25, -0.2) is 0 Å². The van der Waals surface area contributed by atoms with Gasteiger partial charge in [0.05, 0.1) is 0 Å². The smallest absolute Gasteiger partial charge is 0.00915 e. The van der Waals surface area contributed by atoms with E-state index >= 15 is 0 Å². The van der Waals surface area contributed by atoms with E-state index in [0.717, 1.165) is 12.0 Å². The Bertz CT molecular complexity index is 137. The van der Waals surface area contributed by atoms with Crippen molar-refractivity contribution in [3.63, 3.8) is 0 Å². The van der Waals surface area contributed by atoms with Crippen LogP contribution in [0.5, 0.6) is 0 Å². The molecular formula is C12H26N2. The Morgan fingerprint density at radius 1 is 1.29 bits per heavy atom. The van der Waals surface area contributed by atoms with Gasteiger partial charge in [-0.05, 0) is 51.4 Å². The van der Waals surface area contributed by atoms with Crippen LogP contribution in [0.4, 0.5) is 0 Å². The van der Waals surface area contributed by atoms with Gasteiger partial charge in [-0.1, -0.05) is 20.8 Å². The van der Waals surface area contributed by atoms with Gasteiger partial charge in [0.1, 0.15) is 0 Å². The van der Waals surface area contributed by atoms with Crippen molar-refractivity contribution in [2.45, 2.75) is 46.1 Å². The van der Waals surface area contributed by atoms with Crippen molar-refractivity contribution in [1.29, 1.82) is 0 Å². The molecule has 1 aliphatic rings. The number of piperidine rings is 1. The van der Waals surface area contributed by atoms with E-state index in [1.54, 1.807) is 0 Å². The number of nitrogens with one attached hydrogen (secondary N) is 1. The summed E-state index contributed by atoms with van der Waals surface area (Å²) in [5.74, 6) is 0.781. The molecular weight excluding hydrogens is 172 g/mol. The Kier molecular flexibility index (Phi) is 5.49. The van der Waals surface area contributed by atoms with Crippen LogP contribution in [-0.4, -0.2) is 37.1 Å². The third kappa shape index (κ3) is 4.43. The third-order valence-corrected chi connectivity index (χ3v) is 2.94. The van der Waals surface area contributed by atoms with Gasteiger partial charge in [-0.3, -0.25) is 0 Å². The summed E-state index contributed by atoms with van der Waals surface area (Å²) in [6.07, 6.45) is 3.98. The van der Waals surface area contributed by atoms with Crippen molar-refractivity contribution < 1.29 is 0 Å². The van der Waals surface area contributed by atoms with Gasteiger partial charge in [-0.2, -0.15) is 0 Å². The first-order valence-electron chi connectivity index (χ1n) is 6.18. The second-order valence-corrected chi connectivity index (χ2v) is 4.92. The molecule has 14 heavy (non-hydrogen) atoms. The normalized spacial score (nSPS) is 20.6. The Balaban J connectivity index is 2.09. The molecule has 0 atom stereocenters. The maximum atomic E-state index is 3.66. The van der Waals surface area contributed by atoms with Crippen molar-refractivity contribution in [1.82, 2.24) is 10.2 Å².